The van der Waals surface area contributed by atoms with Crippen molar-refractivity contribution in [3.05, 3.63) is 65.7 Å². The van der Waals surface area contributed by atoms with E-state index in [1.807, 2.05) is 42.5 Å². The highest BCUT2D eigenvalue weighted by Gasteiger charge is 2.12. The number of carbonyl (C=O) groups is 2. The number of nitrogens with one attached hydrogen (secondary N) is 2. The maximum Gasteiger partial charge on any atom is 0.309 e. The Labute approximate surface area is 129 Å². The molecule has 2 aromatic carbocycles. The second kappa shape index (κ2) is 7.83. The van der Waals surface area contributed by atoms with Gasteiger partial charge in [-0.05, 0) is 23.3 Å². The molecular weight excluding hydrogens is 280 g/mol. The zero-order valence-electron chi connectivity index (χ0n) is 12.3. The number of rotatable bonds is 5. The molecule has 22 heavy (non-hydrogen) atoms. The van der Waals surface area contributed by atoms with Crippen LogP contribution in [0.2, 0.25) is 0 Å². The Morgan fingerprint density at radius 1 is 0.818 bits per heavy atom. The lowest BCUT2D eigenvalue weighted by molar-refractivity contribution is -0.139. The van der Waals surface area contributed by atoms with E-state index in [4.69, 9.17) is 4.74 Å². The second-order valence-electron chi connectivity index (χ2n) is 4.70. The van der Waals surface area contributed by atoms with Gasteiger partial charge in [0.1, 0.15) is 5.75 Å². The van der Waals surface area contributed by atoms with Gasteiger partial charge in [-0.3, -0.25) is 9.59 Å². The van der Waals surface area contributed by atoms with Gasteiger partial charge in [0, 0.05) is 13.1 Å². The molecule has 0 saturated carbocycles. The molecule has 2 N–H and O–H groups in total. The number of carbonyl (C=O) groups excluding carboxylic acids is 2. The summed E-state index contributed by atoms with van der Waals surface area (Å²) in [6.07, 6.45) is 0. The van der Waals surface area contributed by atoms with Gasteiger partial charge in [0.2, 0.25) is 0 Å². The molecule has 0 aliphatic carbocycles. The lowest BCUT2D eigenvalue weighted by atomic mass is 10.2. The highest BCUT2D eigenvalue weighted by Crippen LogP contribution is 2.10. The molecule has 5 heteroatoms. The van der Waals surface area contributed by atoms with Gasteiger partial charge in [0.15, 0.2) is 0 Å². The number of hydrogen-bond acceptors (Lipinski definition) is 3. The van der Waals surface area contributed by atoms with Crippen molar-refractivity contribution >= 4 is 11.8 Å². The topological polar surface area (TPSA) is 67.4 Å². The molecule has 2 aromatic rings. The Bertz CT molecular complexity index is 624. The second-order valence-corrected chi connectivity index (χ2v) is 4.70. The maximum absolute atomic E-state index is 11.7. The van der Waals surface area contributed by atoms with Gasteiger partial charge in [-0.2, -0.15) is 0 Å². The van der Waals surface area contributed by atoms with Gasteiger partial charge in [-0.25, -0.2) is 0 Å². The van der Waals surface area contributed by atoms with E-state index in [-0.39, 0.29) is 0 Å². The van der Waals surface area contributed by atoms with Gasteiger partial charge >= 0.3 is 11.8 Å². The van der Waals surface area contributed by atoms with Gasteiger partial charge in [0.05, 0.1) is 7.11 Å². The SMILES string of the molecule is COc1ccc(CNC(=O)C(=O)NCc2ccccc2)cc1. The van der Waals surface area contributed by atoms with Gasteiger partial charge < -0.3 is 15.4 Å². The Kier molecular flexibility index (Phi) is 5.54. The van der Waals surface area contributed by atoms with Crippen LogP contribution in [0.1, 0.15) is 11.1 Å². The number of hydrogen-bond donors (Lipinski definition) is 2. The minimum atomic E-state index is -0.647. The Balaban J connectivity index is 1.77. The third-order valence-electron chi connectivity index (χ3n) is 3.11. The van der Waals surface area contributed by atoms with Gasteiger partial charge in [-0.1, -0.05) is 42.5 Å². The van der Waals surface area contributed by atoms with E-state index in [2.05, 4.69) is 10.6 Å². The van der Waals surface area contributed by atoms with E-state index in [0.29, 0.717) is 13.1 Å². The van der Waals surface area contributed by atoms with Crippen LogP contribution in [-0.4, -0.2) is 18.9 Å². The van der Waals surface area contributed by atoms with E-state index in [9.17, 15) is 9.59 Å². The highest BCUT2D eigenvalue weighted by molar-refractivity contribution is 6.35. The zero-order chi connectivity index (χ0) is 15.8. The van der Waals surface area contributed by atoms with Crippen LogP contribution in [0.25, 0.3) is 0 Å². The summed E-state index contributed by atoms with van der Waals surface area (Å²) in [6.45, 7) is 0.622. The fraction of sp³-hybridized carbons (Fsp3) is 0.176. The van der Waals surface area contributed by atoms with E-state index in [0.717, 1.165) is 16.9 Å². The molecule has 114 valence electrons. The van der Waals surface area contributed by atoms with Gasteiger partial charge in [-0.15, -0.1) is 0 Å². The van der Waals surface area contributed by atoms with Crippen LogP contribution >= 0.6 is 0 Å². The molecule has 0 aromatic heterocycles. The number of benzene rings is 2. The fourth-order valence-corrected chi connectivity index (χ4v) is 1.86. The fourth-order valence-electron chi connectivity index (χ4n) is 1.86. The summed E-state index contributed by atoms with van der Waals surface area (Å²) in [7, 11) is 1.59. The van der Waals surface area contributed by atoms with Crippen LogP contribution in [0.3, 0.4) is 0 Å². The summed E-state index contributed by atoms with van der Waals surface area (Å²) in [4.78, 5) is 23.4. The minimum Gasteiger partial charge on any atom is -0.497 e. The molecule has 0 unspecified atom stereocenters. The predicted octanol–water partition coefficient (Wildman–Crippen LogP) is 1.63. The van der Waals surface area contributed by atoms with Crippen LogP contribution in [-0.2, 0) is 22.7 Å². The van der Waals surface area contributed by atoms with Crippen molar-refractivity contribution in [3.8, 4) is 5.75 Å². The van der Waals surface area contributed by atoms with Crippen molar-refractivity contribution in [1.82, 2.24) is 10.6 Å². The Morgan fingerprint density at radius 2 is 1.32 bits per heavy atom. The summed E-state index contributed by atoms with van der Waals surface area (Å²) in [6, 6.07) is 16.7. The van der Waals surface area contributed by atoms with Crippen molar-refractivity contribution in [3.63, 3.8) is 0 Å². The van der Waals surface area contributed by atoms with E-state index < -0.39 is 11.8 Å². The molecule has 2 amide bonds. The smallest absolute Gasteiger partial charge is 0.309 e. The molecule has 0 aliphatic heterocycles. The van der Waals surface area contributed by atoms with Crippen LogP contribution in [0, 0.1) is 0 Å². The number of amides is 2. The third-order valence-corrected chi connectivity index (χ3v) is 3.11. The molecule has 0 atom stereocenters. The zero-order valence-corrected chi connectivity index (χ0v) is 12.3. The average molecular weight is 298 g/mol. The molecule has 0 saturated heterocycles. The summed E-state index contributed by atoms with van der Waals surface area (Å²) in [5.41, 5.74) is 1.84. The molecule has 0 radical (unpaired) electrons. The average Bonchev–Trinajstić information content (AvgIpc) is 2.58. The third kappa shape index (κ3) is 4.63. The lowest BCUT2D eigenvalue weighted by Crippen LogP contribution is -2.39. The highest BCUT2D eigenvalue weighted by atomic mass is 16.5. The first-order valence-corrected chi connectivity index (χ1v) is 6.92. The van der Waals surface area contributed by atoms with Crippen LogP contribution in [0.4, 0.5) is 0 Å². The van der Waals surface area contributed by atoms with Crippen LogP contribution < -0.4 is 15.4 Å². The molecule has 0 bridgehead atoms. The Hall–Kier alpha value is -2.82. The van der Waals surface area contributed by atoms with Crippen molar-refractivity contribution in [1.29, 1.82) is 0 Å². The van der Waals surface area contributed by atoms with Crippen LogP contribution in [0.15, 0.2) is 54.6 Å². The van der Waals surface area contributed by atoms with Crippen LogP contribution in [0.5, 0.6) is 5.75 Å². The van der Waals surface area contributed by atoms with E-state index >= 15 is 0 Å². The van der Waals surface area contributed by atoms with E-state index in [1.165, 1.54) is 0 Å². The molecule has 2 rings (SSSR count). The van der Waals surface area contributed by atoms with Gasteiger partial charge in [0.25, 0.3) is 0 Å². The van der Waals surface area contributed by atoms with Crippen molar-refractivity contribution in [2.24, 2.45) is 0 Å². The summed E-state index contributed by atoms with van der Waals surface area (Å²) < 4.78 is 5.06. The summed E-state index contributed by atoms with van der Waals surface area (Å²) in [5.74, 6) is -0.542. The lowest BCUT2D eigenvalue weighted by Gasteiger charge is -2.07. The first-order chi connectivity index (χ1) is 10.7. The number of ether oxygens (including phenoxy) is 1. The van der Waals surface area contributed by atoms with Crippen molar-refractivity contribution in [2.75, 3.05) is 7.11 Å². The monoisotopic (exact) mass is 298 g/mol. The molecule has 0 heterocycles. The van der Waals surface area contributed by atoms with Crippen molar-refractivity contribution < 1.29 is 14.3 Å². The molecular formula is C17H18N2O3. The molecule has 0 aliphatic rings. The summed E-state index contributed by atoms with van der Waals surface area (Å²) in [5, 5.41) is 5.16. The molecule has 0 spiro atoms. The summed E-state index contributed by atoms with van der Waals surface area (Å²) >= 11 is 0. The Morgan fingerprint density at radius 3 is 1.82 bits per heavy atom. The number of methoxy groups -OCH3 is 1. The molecule has 5 nitrogen and oxygen atoms in total. The standard InChI is InChI=1S/C17H18N2O3/c1-22-15-9-7-14(8-10-15)12-19-17(21)16(20)18-11-13-5-3-2-4-6-13/h2-10H,11-12H2,1H3,(H,18,20)(H,19,21). The minimum absolute atomic E-state index is 0.293. The predicted molar refractivity (Wildman–Crippen MR) is 83.1 cm³/mol. The maximum atomic E-state index is 11.7. The molecule has 0 fully saturated rings. The van der Waals surface area contributed by atoms with Crippen molar-refractivity contribution in [2.45, 2.75) is 13.1 Å². The van der Waals surface area contributed by atoms with E-state index in [1.54, 1.807) is 19.2 Å². The largest absolute Gasteiger partial charge is 0.497 e. The first-order valence-electron chi connectivity index (χ1n) is 6.92. The first kappa shape index (κ1) is 15.6. The normalized spacial score (nSPS) is 9.86. The quantitative estimate of drug-likeness (QED) is 0.824.